The van der Waals surface area contributed by atoms with Crippen molar-refractivity contribution < 1.29 is 14.4 Å². The molecule has 0 atom stereocenters. The van der Waals surface area contributed by atoms with Gasteiger partial charge in [-0.2, -0.15) is 0 Å². The zero-order chi connectivity index (χ0) is 21.0. The van der Waals surface area contributed by atoms with E-state index in [1.54, 1.807) is 5.80 Å². The Morgan fingerprint density at radius 2 is 1.07 bits per heavy atom. The maximum Gasteiger partial charge on any atom is 0.230 e. The molecule has 5 heteroatoms. The maximum absolute atomic E-state index is 13.3. The molecule has 0 aromatic heterocycles. The zero-order valence-electron chi connectivity index (χ0n) is 16.5. The lowest BCUT2D eigenvalue weighted by atomic mass is 10.3. The van der Waals surface area contributed by atoms with Crippen LogP contribution in [0.4, 0.5) is 0 Å². The Labute approximate surface area is 176 Å². The Morgan fingerprint density at radius 3 is 1.43 bits per heavy atom. The molecule has 4 nitrogen and oxygen atoms in total. The molecule has 0 unspecified atom stereocenters. The van der Waals surface area contributed by atoms with Crippen LogP contribution in [0.5, 0.6) is 0 Å². The predicted octanol–water partition coefficient (Wildman–Crippen LogP) is 2.50. The first-order valence-electron chi connectivity index (χ1n) is 9.89. The third kappa shape index (κ3) is 3.79. The van der Waals surface area contributed by atoms with E-state index in [-0.39, 0.29) is 37.0 Å². The number of likely N-dealkylation sites (tertiary alicyclic amines) is 1. The van der Waals surface area contributed by atoms with E-state index in [0.717, 1.165) is 20.8 Å². The summed E-state index contributed by atoms with van der Waals surface area (Å²) in [6.45, 7) is -2.63. The molecule has 0 aliphatic carbocycles. The Kier molecular flexibility index (Phi) is 5.78. The van der Waals surface area contributed by atoms with Gasteiger partial charge in [0.25, 0.3) is 0 Å². The van der Waals surface area contributed by atoms with Crippen molar-refractivity contribution >= 4 is 46.2 Å². The highest BCUT2D eigenvalue weighted by Gasteiger charge is 2.32. The molecule has 0 spiro atoms. The monoisotopic (exact) mass is 415 g/mol. The molecule has 0 saturated carbocycles. The smallest absolute Gasteiger partial charge is 0.230 e. The first-order chi connectivity index (χ1) is 14.6. The van der Waals surface area contributed by atoms with Crippen LogP contribution in [0.15, 0.2) is 91.0 Å². The number of amides is 2. The predicted molar refractivity (Wildman–Crippen MR) is 122 cm³/mol. The number of nitrogens with zero attached hydrogens (tertiary/aromatic N) is 1. The molecule has 1 saturated heterocycles. The van der Waals surface area contributed by atoms with Gasteiger partial charge in [0, 0.05) is 12.8 Å². The third-order valence-electron chi connectivity index (χ3n) is 5.30. The van der Waals surface area contributed by atoms with Crippen molar-refractivity contribution in [1.29, 1.82) is 0 Å². The molecule has 1 aliphatic heterocycles. The Bertz CT molecular complexity index is 1010. The second-order valence-electron chi connectivity index (χ2n) is 7.20. The third-order valence-corrected chi connectivity index (χ3v) is 9.31. The van der Waals surface area contributed by atoms with Crippen LogP contribution in [-0.4, -0.2) is 34.8 Å². The molecule has 1 aliphatic rings. The quantitative estimate of drug-likeness (QED) is 0.459. The Balaban J connectivity index is 1.93. The highest BCUT2D eigenvalue weighted by Crippen LogP contribution is 2.43. The number of hydrogen-bond donors (Lipinski definition) is 0. The van der Waals surface area contributed by atoms with E-state index < -0.39 is 6.89 Å². The number of rotatable bonds is 6. The average molecular weight is 415 g/mol. The van der Waals surface area contributed by atoms with Gasteiger partial charge in [-0.15, -0.1) is 0 Å². The van der Waals surface area contributed by atoms with E-state index in [1.807, 2.05) is 91.0 Å². The Hall–Kier alpha value is -3.23. The van der Waals surface area contributed by atoms with Gasteiger partial charge in [0.2, 0.25) is 11.8 Å². The van der Waals surface area contributed by atoms with Crippen molar-refractivity contribution in [3.63, 3.8) is 0 Å². The first kappa shape index (κ1) is 20.1. The van der Waals surface area contributed by atoms with Crippen LogP contribution >= 0.6 is 6.89 Å². The molecule has 2 amide bonds. The van der Waals surface area contributed by atoms with Gasteiger partial charge in [-0.25, -0.2) is 0 Å². The van der Waals surface area contributed by atoms with Gasteiger partial charge in [0.15, 0.2) is 5.78 Å². The van der Waals surface area contributed by atoms with Crippen LogP contribution in [0.25, 0.3) is 0 Å². The number of benzene rings is 3. The first-order valence-corrected chi connectivity index (χ1v) is 11.7. The molecule has 0 bridgehead atoms. The van der Waals surface area contributed by atoms with Crippen LogP contribution in [0.3, 0.4) is 0 Å². The van der Waals surface area contributed by atoms with Gasteiger partial charge in [0.1, 0.15) is 0 Å². The average Bonchev–Trinajstić information content (AvgIpc) is 3.11. The van der Waals surface area contributed by atoms with Crippen LogP contribution in [0, 0.1) is 0 Å². The number of imide groups is 1. The SMILES string of the molecule is O=C(C=P(c1ccccc1)(c1ccccc1)c1ccccc1)CN1C(=O)CCC1=O. The molecule has 1 heterocycles. The topological polar surface area (TPSA) is 54.5 Å². The summed E-state index contributed by atoms with van der Waals surface area (Å²) in [4.78, 5) is 38.4. The summed E-state index contributed by atoms with van der Waals surface area (Å²) in [5.41, 5.74) is 0. The van der Waals surface area contributed by atoms with Gasteiger partial charge in [-0.1, -0.05) is 91.0 Å². The molecule has 0 radical (unpaired) electrons. The normalized spacial score (nSPS) is 14.1. The van der Waals surface area contributed by atoms with Crippen LogP contribution in [0.1, 0.15) is 12.8 Å². The number of hydrogen-bond acceptors (Lipinski definition) is 3. The molecule has 0 N–H and O–H groups in total. The minimum atomic E-state index is -2.43. The Morgan fingerprint density at radius 1 is 0.700 bits per heavy atom. The fraction of sp³-hybridized carbons (Fsp3) is 0.120. The van der Waals surface area contributed by atoms with Crippen molar-refractivity contribution in [2.75, 3.05) is 6.54 Å². The maximum atomic E-state index is 13.3. The zero-order valence-corrected chi connectivity index (χ0v) is 17.4. The van der Waals surface area contributed by atoms with E-state index in [1.165, 1.54) is 0 Å². The number of ketones is 1. The van der Waals surface area contributed by atoms with Gasteiger partial charge < -0.3 is 0 Å². The van der Waals surface area contributed by atoms with E-state index in [0.29, 0.717) is 0 Å². The summed E-state index contributed by atoms with van der Waals surface area (Å²) in [7, 11) is 0. The second-order valence-corrected chi connectivity index (χ2v) is 10.5. The van der Waals surface area contributed by atoms with Gasteiger partial charge in [0.05, 0.1) is 6.54 Å². The number of carbonyl (C=O) groups is 3. The lowest BCUT2D eigenvalue weighted by Gasteiger charge is -2.28. The highest BCUT2D eigenvalue weighted by atomic mass is 31.2. The van der Waals surface area contributed by atoms with E-state index in [9.17, 15) is 14.4 Å². The molecule has 3 aromatic rings. The highest BCUT2D eigenvalue weighted by molar-refractivity contribution is 7.95. The summed E-state index contributed by atoms with van der Waals surface area (Å²) >= 11 is 0. The molecular formula is C25H22NO3P. The number of Topliss-reactive ketones (excluding diaryl/α,β-unsaturated/α-hetero) is 1. The minimum Gasteiger partial charge on any atom is -0.293 e. The minimum absolute atomic E-state index is 0.183. The summed E-state index contributed by atoms with van der Waals surface area (Å²) in [5.74, 6) is 1.00. The summed E-state index contributed by atoms with van der Waals surface area (Å²) < 4.78 is 0. The van der Waals surface area contributed by atoms with Gasteiger partial charge >= 0.3 is 0 Å². The molecule has 30 heavy (non-hydrogen) atoms. The van der Waals surface area contributed by atoms with Gasteiger partial charge in [-0.3, -0.25) is 19.3 Å². The summed E-state index contributed by atoms with van der Waals surface area (Å²) in [6, 6.07) is 30.0. The number of carbonyl (C=O) groups excluding carboxylic acids is 3. The fourth-order valence-electron chi connectivity index (χ4n) is 3.87. The van der Waals surface area contributed by atoms with Gasteiger partial charge in [-0.05, 0) is 28.6 Å². The van der Waals surface area contributed by atoms with Crippen LogP contribution in [-0.2, 0) is 14.4 Å². The van der Waals surface area contributed by atoms with Crippen molar-refractivity contribution in [2.45, 2.75) is 12.8 Å². The lowest BCUT2D eigenvalue weighted by molar-refractivity contribution is -0.140. The van der Waals surface area contributed by atoms with Crippen molar-refractivity contribution in [2.24, 2.45) is 0 Å². The van der Waals surface area contributed by atoms with Crippen molar-refractivity contribution in [3.8, 4) is 0 Å². The molecular weight excluding hydrogens is 393 g/mol. The molecule has 4 rings (SSSR count). The molecule has 3 aromatic carbocycles. The fourth-order valence-corrected chi connectivity index (χ4v) is 7.65. The van der Waals surface area contributed by atoms with Crippen LogP contribution in [0.2, 0.25) is 0 Å². The summed E-state index contributed by atoms with van der Waals surface area (Å²) in [6.07, 6.45) is 0.366. The standard InChI is InChI=1S/C25H22NO3P/c27-20(18-26-24(28)16-17-25(26)29)19-30(21-10-4-1-5-11-21,22-12-6-2-7-13-22)23-14-8-3-9-15-23/h1-15,19H,16-18H2. The van der Waals surface area contributed by atoms with Crippen LogP contribution < -0.4 is 15.9 Å². The van der Waals surface area contributed by atoms with E-state index >= 15 is 0 Å². The summed E-state index contributed by atoms with van der Waals surface area (Å²) in [5, 5.41) is 3.15. The lowest BCUT2D eigenvalue weighted by Crippen LogP contribution is -2.36. The van der Waals surface area contributed by atoms with Crippen molar-refractivity contribution in [1.82, 2.24) is 4.90 Å². The van der Waals surface area contributed by atoms with E-state index in [4.69, 9.17) is 0 Å². The second kappa shape index (κ2) is 8.64. The molecule has 1 fully saturated rings. The molecule has 150 valence electrons. The van der Waals surface area contributed by atoms with Crippen molar-refractivity contribution in [3.05, 3.63) is 91.0 Å². The van der Waals surface area contributed by atoms with E-state index in [2.05, 4.69) is 0 Å². The largest absolute Gasteiger partial charge is 0.293 e.